The lowest BCUT2D eigenvalue weighted by molar-refractivity contribution is -0.177. The molecule has 3 fully saturated rings. The molecule has 0 bridgehead atoms. The van der Waals surface area contributed by atoms with Crippen LogP contribution in [0.2, 0.25) is 0 Å². The molecule has 5 aliphatic carbocycles. The average Bonchev–Trinajstić information content (AvgIpc) is 2.91. The molecule has 8 heteroatoms. The number of ketones is 2. The van der Waals surface area contributed by atoms with Crippen LogP contribution in [-0.4, -0.2) is 31.4 Å². The van der Waals surface area contributed by atoms with E-state index >= 15 is 0 Å². The van der Waals surface area contributed by atoms with Gasteiger partial charge in [0.25, 0.3) is 0 Å². The van der Waals surface area contributed by atoms with E-state index in [-0.39, 0.29) is 76.4 Å². The van der Waals surface area contributed by atoms with Gasteiger partial charge >= 0.3 is 7.82 Å². The van der Waals surface area contributed by atoms with E-state index in [1.807, 2.05) is 26.0 Å². The van der Waals surface area contributed by atoms with Crippen molar-refractivity contribution in [2.75, 3.05) is 19.8 Å². The van der Waals surface area contributed by atoms with E-state index in [0.29, 0.717) is 0 Å². The van der Waals surface area contributed by atoms with Crippen molar-refractivity contribution in [1.82, 2.24) is 0 Å². The standard InChI is InChI=1S/C35H52NO6P/c1-10-40-43(39,41-11-2)42-22-35-16-14-30(3,4)20-24(35)28-25(37)18-27-32(7)19-23(21-36)29(38)31(5,6)26(32)12-13-33(27,8)34(28,9)15-17-35/h18-19,24,26,28H,10-17,20,22H2,1-9H3/t24-,26-,28-,32-,33+,34+,35+/m0/s1. The van der Waals surface area contributed by atoms with Gasteiger partial charge in [-0.1, -0.05) is 60.1 Å². The number of carbonyl (C=O) groups is 2. The number of hydrogen-bond donors (Lipinski definition) is 0. The molecule has 5 rings (SSSR count). The summed E-state index contributed by atoms with van der Waals surface area (Å²) in [7, 11) is -3.70. The molecule has 7 nitrogen and oxygen atoms in total. The summed E-state index contributed by atoms with van der Waals surface area (Å²) < 4.78 is 30.5. The fourth-order valence-electron chi connectivity index (χ4n) is 10.6. The van der Waals surface area contributed by atoms with Crippen LogP contribution in [0.1, 0.15) is 107 Å². The smallest absolute Gasteiger partial charge is 0.295 e. The highest BCUT2D eigenvalue weighted by molar-refractivity contribution is 7.48. The third-order valence-corrected chi connectivity index (χ3v) is 14.7. The average molecular weight is 614 g/mol. The molecule has 0 unspecified atom stereocenters. The molecule has 238 valence electrons. The first-order valence-corrected chi connectivity index (χ1v) is 17.8. The van der Waals surface area contributed by atoms with E-state index in [1.165, 1.54) is 0 Å². The summed E-state index contributed by atoms with van der Waals surface area (Å²) in [5.41, 5.74) is -0.717. The Morgan fingerprint density at radius 1 is 0.930 bits per heavy atom. The Bertz CT molecular complexity index is 1350. The second-order valence-corrected chi connectivity index (χ2v) is 17.8. The molecule has 0 aromatic carbocycles. The zero-order chi connectivity index (χ0) is 31.9. The number of Topliss-reactive ketones (excluding diaryl/α,β-unsaturated/α-hetero) is 1. The van der Waals surface area contributed by atoms with E-state index in [4.69, 9.17) is 13.6 Å². The molecule has 0 amide bonds. The minimum Gasteiger partial charge on any atom is -0.295 e. The van der Waals surface area contributed by atoms with Crippen LogP contribution in [0.25, 0.3) is 0 Å². The molecule has 0 saturated heterocycles. The predicted octanol–water partition coefficient (Wildman–Crippen LogP) is 8.40. The SMILES string of the molecule is CCOP(=O)(OCC)OC[C@]12CCC(C)(C)C[C@H]1[C@H]1C(=O)C=C3[C@@]4(C)C=C(C#N)C(=O)C(C)(C)[C@@H]4CC[C@@]3(C)[C@]1(C)CC2. The zero-order valence-corrected chi connectivity index (χ0v) is 28.7. The molecule has 0 aromatic heterocycles. The van der Waals surface area contributed by atoms with Crippen molar-refractivity contribution in [3.8, 4) is 6.07 Å². The summed E-state index contributed by atoms with van der Waals surface area (Å²) in [6, 6.07) is 2.19. The molecule has 3 saturated carbocycles. The Morgan fingerprint density at radius 3 is 2.16 bits per heavy atom. The molecular weight excluding hydrogens is 561 g/mol. The van der Waals surface area contributed by atoms with Gasteiger partial charge in [0.2, 0.25) is 0 Å². The highest BCUT2D eigenvalue weighted by atomic mass is 31.2. The molecule has 43 heavy (non-hydrogen) atoms. The van der Waals surface area contributed by atoms with Gasteiger partial charge < -0.3 is 0 Å². The van der Waals surface area contributed by atoms with Crippen molar-refractivity contribution in [2.45, 2.75) is 107 Å². The molecule has 0 aliphatic heterocycles. The molecule has 7 atom stereocenters. The first-order valence-electron chi connectivity index (χ1n) is 16.4. The monoisotopic (exact) mass is 613 g/mol. The third-order valence-electron chi connectivity index (χ3n) is 13.1. The fraction of sp³-hybridized carbons (Fsp3) is 0.800. The zero-order valence-electron chi connectivity index (χ0n) is 27.8. The van der Waals surface area contributed by atoms with Crippen LogP contribution in [0.4, 0.5) is 0 Å². The van der Waals surface area contributed by atoms with Crippen LogP contribution in [0.3, 0.4) is 0 Å². The number of allylic oxidation sites excluding steroid dienone is 4. The van der Waals surface area contributed by atoms with Crippen molar-refractivity contribution in [3.05, 3.63) is 23.3 Å². The lowest BCUT2D eigenvalue weighted by Crippen LogP contribution is -2.65. The lowest BCUT2D eigenvalue weighted by Gasteiger charge is -2.69. The summed E-state index contributed by atoms with van der Waals surface area (Å²) in [5.74, 6) is -0.0458. The molecule has 0 spiro atoms. The van der Waals surface area contributed by atoms with Crippen LogP contribution in [0, 0.1) is 61.6 Å². The van der Waals surface area contributed by atoms with Crippen LogP contribution in [0.5, 0.6) is 0 Å². The predicted molar refractivity (Wildman–Crippen MR) is 166 cm³/mol. The van der Waals surface area contributed by atoms with Crippen LogP contribution >= 0.6 is 7.82 Å². The molecule has 0 aromatic rings. The number of phosphoric acid groups is 1. The van der Waals surface area contributed by atoms with Gasteiger partial charge in [-0.05, 0) is 98.4 Å². The van der Waals surface area contributed by atoms with Crippen molar-refractivity contribution >= 4 is 19.4 Å². The van der Waals surface area contributed by atoms with Crippen molar-refractivity contribution in [2.24, 2.45) is 50.2 Å². The number of carbonyl (C=O) groups excluding carboxylic acids is 2. The van der Waals surface area contributed by atoms with Crippen LogP contribution in [-0.2, 0) is 27.7 Å². The number of nitriles is 1. The summed E-state index contributed by atoms with van der Waals surface area (Å²) in [5, 5.41) is 9.96. The summed E-state index contributed by atoms with van der Waals surface area (Å²) in [6.45, 7) is 19.7. The summed E-state index contributed by atoms with van der Waals surface area (Å²) in [4.78, 5) is 28.0. The number of nitrogens with zero attached hydrogens (tertiary/aromatic N) is 1. The minimum atomic E-state index is -3.70. The van der Waals surface area contributed by atoms with Gasteiger partial charge in [0.1, 0.15) is 6.07 Å². The number of hydrogen-bond acceptors (Lipinski definition) is 7. The Morgan fingerprint density at radius 2 is 1.56 bits per heavy atom. The Labute approximate surface area is 258 Å². The second kappa shape index (κ2) is 10.5. The Kier molecular flexibility index (Phi) is 7.99. The molecule has 0 N–H and O–H groups in total. The lowest BCUT2D eigenvalue weighted by atomic mass is 9.34. The first-order chi connectivity index (χ1) is 19.9. The topological polar surface area (TPSA) is 103 Å². The molecule has 5 aliphatic rings. The Hall–Kier alpha value is -1.58. The fourth-order valence-corrected chi connectivity index (χ4v) is 11.9. The molecule has 0 heterocycles. The maximum atomic E-state index is 14.7. The van der Waals surface area contributed by atoms with Gasteiger partial charge in [0, 0.05) is 16.7 Å². The van der Waals surface area contributed by atoms with Gasteiger partial charge in [0.05, 0.1) is 25.4 Å². The maximum absolute atomic E-state index is 14.7. The summed E-state index contributed by atoms with van der Waals surface area (Å²) >= 11 is 0. The number of fused-ring (bicyclic) bond motifs is 7. The van der Waals surface area contributed by atoms with E-state index in [9.17, 15) is 19.4 Å². The Balaban J connectivity index is 1.61. The van der Waals surface area contributed by atoms with Gasteiger partial charge in [-0.15, -0.1) is 0 Å². The van der Waals surface area contributed by atoms with Crippen molar-refractivity contribution in [1.29, 1.82) is 5.26 Å². The quantitative estimate of drug-likeness (QED) is 0.266. The molecule has 0 radical (unpaired) electrons. The highest BCUT2D eigenvalue weighted by Crippen LogP contribution is 2.74. The van der Waals surface area contributed by atoms with Gasteiger partial charge in [-0.2, -0.15) is 5.26 Å². The minimum absolute atomic E-state index is 0.0212. The van der Waals surface area contributed by atoms with E-state index in [2.05, 4.69) is 40.7 Å². The third kappa shape index (κ3) is 4.72. The highest BCUT2D eigenvalue weighted by Gasteiger charge is 2.70. The van der Waals surface area contributed by atoms with Gasteiger partial charge in [-0.3, -0.25) is 23.2 Å². The van der Waals surface area contributed by atoms with E-state index in [0.717, 1.165) is 50.5 Å². The van der Waals surface area contributed by atoms with Crippen LogP contribution < -0.4 is 0 Å². The van der Waals surface area contributed by atoms with Crippen molar-refractivity contribution in [3.63, 3.8) is 0 Å². The molecular formula is C35H52NO6P. The maximum Gasteiger partial charge on any atom is 0.474 e. The van der Waals surface area contributed by atoms with Crippen LogP contribution in [0.15, 0.2) is 23.3 Å². The number of rotatable bonds is 7. The van der Waals surface area contributed by atoms with Gasteiger partial charge in [0.15, 0.2) is 11.6 Å². The largest absolute Gasteiger partial charge is 0.474 e. The van der Waals surface area contributed by atoms with Gasteiger partial charge in [-0.25, -0.2) is 4.57 Å². The van der Waals surface area contributed by atoms with Crippen molar-refractivity contribution < 1.29 is 27.7 Å². The van der Waals surface area contributed by atoms with E-state index in [1.54, 1.807) is 13.8 Å². The normalized spacial score (nSPS) is 41.5. The first kappa shape index (κ1) is 32.8. The summed E-state index contributed by atoms with van der Waals surface area (Å²) in [6.07, 6.45) is 10.1. The van der Waals surface area contributed by atoms with E-state index < -0.39 is 18.7 Å². The number of phosphoric ester groups is 1. The second-order valence-electron chi connectivity index (χ2n) is 16.2.